The van der Waals surface area contributed by atoms with Crippen molar-refractivity contribution in [1.29, 1.82) is 0 Å². The van der Waals surface area contributed by atoms with Gasteiger partial charge < -0.3 is 0 Å². The van der Waals surface area contributed by atoms with E-state index in [-0.39, 0.29) is 11.5 Å². The maximum Gasteiger partial charge on any atom is 0.257 e. The number of fused-ring (bicyclic) bond motifs is 1. The minimum absolute atomic E-state index is 0.0942. The molecular formula is C13H19N3O. The number of imidazole rings is 1. The Balaban J connectivity index is 3.00. The smallest absolute Gasteiger partial charge is 0.257 e. The van der Waals surface area contributed by atoms with Crippen molar-refractivity contribution < 1.29 is 0 Å². The first kappa shape index (κ1) is 11.9. The summed E-state index contributed by atoms with van der Waals surface area (Å²) >= 11 is 0. The average molecular weight is 233 g/mol. The van der Waals surface area contributed by atoms with E-state index in [2.05, 4.69) is 32.7 Å². The quantitative estimate of drug-likeness (QED) is 0.798. The van der Waals surface area contributed by atoms with Crippen LogP contribution >= 0.6 is 0 Å². The minimum Gasteiger partial charge on any atom is -0.296 e. The molecule has 17 heavy (non-hydrogen) atoms. The van der Waals surface area contributed by atoms with Gasteiger partial charge in [0.05, 0.1) is 6.20 Å². The van der Waals surface area contributed by atoms with Crippen LogP contribution in [0.2, 0.25) is 0 Å². The molecule has 0 aliphatic heterocycles. The molecule has 0 N–H and O–H groups in total. The molecule has 0 aliphatic rings. The Hall–Kier alpha value is -1.58. The molecule has 0 saturated carbocycles. The zero-order chi connectivity index (χ0) is 12.7. The fraction of sp³-hybridized carbons (Fsp3) is 0.538. The lowest BCUT2D eigenvalue weighted by Gasteiger charge is -2.19. The second-order valence-corrected chi connectivity index (χ2v) is 5.09. The highest BCUT2D eigenvalue weighted by molar-refractivity contribution is 5.42. The van der Waals surface area contributed by atoms with Crippen LogP contribution in [0.3, 0.4) is 0 Å². The van der Waals surface area contributed by atoms with Crippen molar-refractivity contribution in [2.75, 3.05) is 0 Å². The molecule has 2 rings (SSSR count). The van der Waals surface area contributed by atoms with Gasteiger partial charge in [-0.15, -0.1) is 0 Å². The fourth-order valence-corrected chi connectivity index (χ4v) is 2.38. The number of hydrogen-bond acceptors (Lipinski definition) is 2. The van der Waals surface area contributed by atoms with Gasteiger partial charge >= 0.3 is 0 Å². The van der Waals surface area contributed by atoms with Crippen LogP contribution < -0.4 is 5.56 Å². The van der Waals surface area contributed by atoms with Crippen molar-refractivity contribution in [3.63, 3.8) is 0 Å². The topological polar surface area (TPSA) is 39.3 Å². The van der Waals surface area contributed by atoms with E-state index in [4.69, 9.17) is 0 Å². The average Bonchev–Trinajstić information content (AvgIpc) is 2.70. The van der Waals surface area contributed by atoms with Crippen LogP contribution in [0, 0.1) is 0 Å². The van der Waals surface area contributed by atoms with Gasteiger partial charge in [0.2, 0.25) is 0 Å². The molecule has 4 nitrogen and oxygen atoms in total. The van der Waals surface area contributed by atoms with Gasteiger partial charge in [-0.3, -0.25) is 13.8 Å². The van der Waals surface area contributed by atoms with E-state index in [1.165, 1.54) is 0 Å². The Kier molecular flexibility index (Phi) is 2.81. The van der Waals surface area contributed by atoms with Crippen molar-refractivity contribution in [3.8, 4) is 0 Å². The van der Waals surface area contributed by atoms with Crippen LogP contribution in [-0.2, 0) is 7.05 Å². The lowest BCUT2D eigenvalue weighted by molar-refractivity contribution is 0.693. The Bertz CT molecular complexity index is 605. The third-order valence-corrected chi connectivity index (χ3v) is 3.16. The van der Waals surface area contributed by atoms with E-state index < -0.39 is 0 Å². The van der Waals surface area contributed by atoms with E-state index in [1.54, 1.807) is 24.1 Å². The molecule has 0 radical (unpaired) electrons. The third kappa shape index (κ3) is 1.68. The molecule has 2 heterocycles. The normalized spacial score (nSPS) is 11.9. The van der Waals surface area contributed by atoms with Gasteiger partial charge in [-0.2, -0.15) is 0 Å². The van der Waals surface area contributed by atoms with Crippen molar-refractivity contribution in [1.82, 2.24) is 14.0 Å². The molecule has 4 heteroatoms. The molecule has 0 unspecified atom stereocenters. The number of rotatable bonds is 2. The summed E-state index contributed by atoms with van der Waals surface area (Å²) in [5.74, 6) is 0.524. The van der Waals surface area contributed by atoms with Gasteiger partial charge in [0.15, 0.2) is 0 Å². The summed E-state index contributed by atoms with van der Waals surface area (Å²) in [5, 5.41) is 0. The number of hydrogen-bond donors (Lipinski definition) is 0. The molecule has 0 amide bonds. The largest absolute Gasteiger partial charge is 0.296 e. The van der Waals surface area contributed by atoms with Crippen LogP contribution in [0.15, 0.2) is 17.3 Å². The standard InChI is InChI=1S/C13H19N3O/c1-8(2)11-12(9(3)4)16-7-14-6-10(16)15(5)13(11)17/h6-9H,1-5H3. The maximum absolute atomic E-state index is 12.4. The van der Waals surface area contributed by atoms with E-state index in [0.717, 1.165) is 16.9 Å². The van der Waals surface area contributed by atoms with Crippen molar-refractivity contribution >= 4 is 5.65 Å². The van der Waals surface area contributed by atoms with Crippen LogP contribution in [0.25, 0.3) is 5.65 Å². The van der Waals surface area contributed by atoms with Crippen LogP contribution in [-0.4, -0.2) is 14.0 Å². The Labute approximate surface area is 101 Å². The lowest BCUT2D eigenvalue weighted by Crippen LogP contribution is -2.27. The summed E-state index contributed by atoms with van der Waals surface area (Å²) in [4.78, 5) is 16.5. The Morgan fingerprint density at radius 1 is 1.18 bits per heavy atom. The van der Waals surface area contributed by atoms with Gasteiger partial charge in [-0.1, -0.05) is 27.7 Å². The van der Waals surface area contributed by atoms with Crippen LogP contribution in [0.1, 0.15) is 50.8 Å². The molecular weight excluding hydrogens is 214 g/mol. The van der Waals surface area contributed by atoms with Crippen LogP contribution in [0.4, 0.5) is 0 Å². The first-order valence-electron chi connectivity index (χ1n) is 6.00. The first-order chi connectivity index (χ1) is 7.95. The third-order valence-electron chi connectivity index (χ3n) is 3.16. The highest BCUT2D eigenvalue weighted by Crippen LogP contribution is 2.24. The molecule has 0 atom stereocenters. The lowest BCUT2D eigenvalue weighted by atomic mass is 9.96. The zero-order valence-corrected chi connectivity index (χ0v) is 11.1. The fourth-order valence-electron chi connectivity index (χ4n) is 2.38. The summed E-state index contributed by atoms with van der Waals surface area (Å²) in [6.45, 7) is 8.34. The summed E-state index contributed by atoms with van der Waals surface area (Å²) in [7, 11) is 1.80. The van der Waals surface area contributed by atoms with E-state index in [1.807, 2.05) is 4.40 Å². The van der Waals surface area contributed by atoms with E-state index in [0.29, 0.717) is 5.92 Å². The monoisotopic (exact) mass is 233 g/mol. The molecule has 2 aromatic heterocycles. The Morgan fingerprint density at radius 3 is 2.35 bits per heavy atom. The molecule has 0 bridgehead atoms. The van der Waals surface area contributed by atoms with Gasteiger partial charge in [-0.25, -0.2) is 4.98 Å². The SMILES string of the molecule is CC(C)c1c(C(C)C)n2cncc2n(C)c1=O. The predicted molar refractivity (Wildman–Crippen MR) is 68.6 cm³/mol. The Morgan fingerprint density at radius 2 is 1.82 bits per heavy atom. The summed E-state index contributed by atoms with van der Waals surface area (Å²) in [6.07, 6.45) is 3.52. The molecule has 0 aromatic carbocycles. The molecule has 0 saturated heterocycles. The highest BCUT2D eigenvalue weighted by atomic mass is 16.1. The predicted octanol–water partition coefficient (Wildman–Crippen LogP) is 2.28. The second kappa shape index (κ2) is 4.02. The second-order valence-electron chi connectivity index (χ2n) is 5.09. The van der Waals surface area contributed by atoms with Gasteiger partial charge in [0.25, 0.3) is 5.56 Å². The number of aryl methyl sites for hydroxylation is 1. The summed E-state index contributed by atoms with van der Waals surface area (Å²) in [6, 6.07) is 0. The van der Waals surface area contributed by atoms with Crippen molar-refractivity contribution in [3.05, 3.63) is 34.1 Å². The van der Waals surface area contributed by atoms with Crippen LogP contribution in [0.5, 0.6) is 0 Å². The van der Waals surface area contributed by atoms with E-state index in [9.17, 15) is 4.79 Å². The van der Waals surface area contributed by atoms with Crippen molar-refractivity contribution in [2.24, 2.45) is 7.05 Å². The molecule has 0 aliphatic carbocycles. The first-order valence-corrected chi connectivity index (χ1v) is 6.00. The summed E-state index contributed by atoms with van der Waals surface area (Å²) < 4.78 is 3.70. The number of aromatic nitrogens is 3. The number of nitrogens with zero attached hydrogens (tertiary/aromatic N) is 3. The molecule has 2 aromatic rings. The van der Waals surface area contributed by atoms with Gasteiger partial charge in [-0.05, 0) is 11.8 Å². The summed E-state index contributed by atoms with van der Waals surface area (Å²) in [5.41, 5.74) is 2.92. The minimum atomic E-state index is 0.0942. The van der Waals surface area contributed by atoms with Gasteiger partial charge in [0, 0.05) is 18.3 Å². The highest BCUT2D eigenvalue weighted by Gasteiger charge is 2.19. The zero-order valence-electron chi connectivity index (χ0n) is 11.1. The van der Waals surface area contributed by atoms with Gasteiger partial charge in [0.1, 0.15) is 12.0 Å². The molecule has 0 spiro atoms. The van der Waals surface area contributed by atoms with Crippen molar-refractivity contribution in [2.45, 2.75) is 39.5 Å². The van der Waals surface area contributed by atoms with E-state index >= 15 is 0 Å². The maximum atomic E-state index is 12.4. The molecule has 92 valence electrons. The molecule has 0 fully saturated rings.